The van der Waals surface area contributed by atoms with Crippen LogP contribution in [-0.2, 0) is 6.61 Å². The van der Waals surface area contributed by atoms with Gasteiger partial charge in [0, 0.05) is 6.07 Å². The minimum absolute atomic E-state index is 0.577. The zero-order valence-electron chi connectivity index (χ0n) is 9.94. The third kappa shape index (κ3) is 2.15. The van der Waals surface area contributed by atoms with Crippen LogP contribution >= 0.6 is 0 Å². The fraction of sp³-hybridized carbons (Fsp3) is 0.0667. The summed E-state index contributed by atoms with van der Waals surface area (Å²) in [5.41, 5.74) is 3.20. The minimum atomic E-state index is 0.577. The maximum atomic E-state index is 5.76. The van der Waals surface area contributed by atoms with Crippen molar-refractivity contribution in [1.29, 1.82) is 0 Å². The first kappa shape index (κ1) is 10.7. The highest BCUT2D eigenvalue weighted by Crippen LogP contribution is 2.33. The number of rotatable bonds is 3. The summed E-state index contributed by atoms with van der Waals surface area (Å²) in [6.07, 6.45) is 0. The monoisotopic (exact) mass is 238 g/mol. The fourth-order valence-electron chi connectivity index (χ4n) is 1.92. The highest BCUT2D eigenvalue weighted by molar-refractivity contribution is 5.79. The van der Waals surface area contributed by atoms with Gasteiger partial charge in [0.25, 0.3) is 0 Å². The molecule has 3 rings (SSSR count). The van der Waals surface area contributed by atoms with Crippen molar-refractivity contribution in [2.24, 2.45) is 0 Å². The molecular weight excluding hydrogens is 224 g/mol. The Hall–Kier alpha value is -2.42. The summed E-state index contributed by atoms with van der Waals surface area (Å²) in [4.78, 5) is 0. The van der Waals surface area contributed by atoms with Crippen LogP contribution in [0.3, 0.4) is 0 Å². The van der Waals surface area contributed by atoms with E-state index in [1.54, 1.807) is 0 Å². The van der Waals surface area contributed by atoms with Crippen molar-refractivity contribution in [2.75, 3.05) is 10.6 Å². The van der Waals surface area contributed by atoms with E-state index in [4.69, 9.17) is 4.74 Å². The lowest BCUT2D eigenvalue weighted by molar-refractivity contribution is 0.306. The third-order valence-corrected chi connectivity index (χ3v) is 2.81. The molecule has 2 aromatic carbocycles. The molecule has 2 aromatic rings. The molecule has 1 heterocycles. The summed E-state index contributed by atoms with van der Waals surface area (Å²) < 4.78 is 5.76. The molecular formula is C15H14N2O. The van der Waals surface area contributed by atoms with Gasteiger partial charge in [-0.3, -0.25) is 0 Å². The average Bonchev–Trinajstić information content (AvgIpc) is 2.77. The van der Waals surface area contributed by atoms with Gasteiger partial charge in [-0.05, 0) is 17.7 Å². The highest BCUT2D eigenvalue weighted by atomic mass is 16.5. The number of benzene rings is 2. The minimum Gasteiger partial charge on any atom is -0.489 e. The lowest BCUT2D eigenvalue weighted by atomic mass is 10.2. The highest BCUT2D eigenvalue weighted by Gasteiger charge is 2.12. The lowest BCUT2D eigenvalue weighted by Gasteiger charge is -2.07. The molecule has 0 bridgehead atoms. The molecule has 0 atom stereocenters. The van der Waals surface area contributed by atoms with Crippen LogP contribution in [0.2, 0.25) is 0 Å². The van der Waals surface area contributed by atoms with Crippen LogP contribution in [0.15, 0.2) is 60.9 Å². The van der Waals surface area contributed by atoms with E-state index in [0.717, 1.165) is 28.5 Å². The van der Waals surface area contributed by atoms with Gasteiger partial charge in [-0.25, -0.2) is 0 Å². The van der Waals surface area contributed by atoms with E-state index in [1.165, 1.54) is 0 Å². The molecule has 18 heavy (non-hydrogen) atoms. The second-order valence-corrected chi connectivity index (χ2v) is 4.21. The molecule has 3 heteroatoms. The number of hydrogen-bond donors (Lipinski definition) is 2. The summed E-state index contributed by atoms with van der Waals surface area (Å²) in [5, 5.41) is 6.29. The van der Waals surface area contributed by atoms with Gasteiger partial charge in [-0.15, -0.1) is 0 Å². The Kier molecular flexibility index (Phi) is 2.65. The molecule has 2 N–H and O–H groups in total. The van der Waals surface area contributed by atoms with Gasteiger partial charge in [-0.1, -0.05) is 36.9 Å². The standard InChI is InChI=1S/C15H14N2O/c1-11-16-14-8-7-13(9-15(14)17-11)18-10-12-5-3-2-4-6-12/h2-9,16-17H,1,10H2. The van der Waals surface area contributed by atoms with Crippen LogP contribution in [0.25, 0.3) is 0 Å². The third-order valence-electron chi connectivity index (χ3n) is 2.81. The van der Waals surface area contributed by atoms with E-state index < -0.39 is 0 Å². The topological polar surface area (TPSA) is 33.3 Å². The molecule has 0 saturated carbocycles. The number of nitrogens with one attached hydrogen (secondary N) is 2. The van der Waals surface area contributed by atoms with Crippen molar-refractivity contribution in [1.82, 2.24) is 0 Å². The van der Waals surface area contributed by atoms with Crippen molar-refractivity contribution < 1.29 is 4.74 Å². The molecule has 0 saturated heterocycles. The molecule has 0 amide bonds. The van der Waals surface area contributed by atoms with E-state index in [2.05, 4.69) is 29.3 Å². The summed E-state index contributed by atoms with van der Waals surface area (Å²) in [7, 11) is 0. The van der Waals surface area contributed by atoms with E-state index >= 15 is 0 Å². The molecule has 0 unspecified atom stereocenters. The van der Waals surface area contributed by atoms with E-state index in [0.29, 0.717) is 6.61 Å². The van der Waals surface area contributed by atoms with Gasteiger partial charge in [-0.2, -0.15) is 0 Å². The Labute approximate surface area is 106 Å². The van der Waals surface area contributed by atoms with Crippen LogP contribution in [0, 0.1) is 0 Å². The van der Waals surface area contributed by atoms with Gasteiger partial charge in [0.2, 0.25) is 0 Å². The first-order chi connectivity index (χ1) is 8.81. The molecule has 0 aromatic heterocycles. The van der Waals surface area contributed by atoms with Gasteiger partial charge in [0.15, 0.2) is 0 Å². The van der Waals surface area contributed by atoms with Gasteiger partial charge in [0.05, 0.1) is 11.4 Å². The van der Waals surface area contributed by atoms with Crippen molar-refractivity contribution in [3.05, 3.63) is 66.5 Å². The predicted octanol–water partition coefficient (Wildman–Crippen LogP) is 3.57. The van der Waals surface area contributed by atoms with Crippen LogP contribution in [0.1, 0.15) is 5.56 Å². The van der Waals surface area contributed by atoms with Crippen molar-refractivity contribution >= 4 is 11.4 Å². The Balaban J connectivity index is 1.71. The smallest absolute Gasteiger partial charge is 0.122 e. The fourth-order valence-corrected chi connectivity index (χ4v) is 1.92. The van der Waals surface area contributed by atoms with E-state index in [9.17, 15) is 0 Å². The Bertz CT molecular complexity index is 578. The van der Waals surface area contributed by atoms with Crippen molar-refractivity contribution in [3.8, 4) is 5.75 Å². The summed E-state index contributed by atoms with van der Waals surface area (Å²) >= 11 is 0. The second kappa shape index (κ2) is 4.45. The van der Waals surface area contributed by atoms with Gasteiger partial charge < -0.3 is 15.4 Å². The number of fused-ring (bicyclic) bond motifs is 1. The van der Waals surface area contributed by atoms with Crippen LogP contribution in [-0.4, -0.2) is 0 Å². The largest absolute Gasteiger partial charge is 0.489 e. The Morgan fingerprint density at radius 2 is 1.72 bits per heavy atom. The van der Waals surface area contributed by atoms with Crippen LogP contribution < -0.4 is 15.4 Å². The van der Waals surface area contributed by atoms with Crippen LogP contribution in [0.4, 0.5) is 11.4 Å². The summed E-state index contributed by atoms with van der Waals surface area (Å²) in [5.74, 6) is 1.65. The first-order valence-electron chi connectivity index (χ1n) is 5.85. The summed E-state index contributed by atoms with van der Waals surface area (Å²) in [6.45, 7) is 4.41. The van der Waals surface area contributed by atoms with Gasteiger partial charge in [0.1, 0.15) is 18.2 Å². The zero-order valence-corrected chi connectivity index (χ0v) is 9.94. The molecule has 0 spiro atoms. The summed E-state index contributed by atoms with van der Waals surface area (Å²) in [6, 6.07) is 16.0. The molecule has 0 aliphatic carbocycles. The predicted molar refractivity (Wildman–Crippen MR) is 73.6 cm³/mol. The number of hydrogen-bond acceptors (Lipinski definition) is 3. The molecule has 0 fully saturated rings. The molecule has 3 nitrogen and oxygen atoms in total. The Morgan fingerprint density at radius 1 is 0.944 bits per heavy atom. The molecule has 1 aliphatic rings. The van der Waals surface area contributed by atoms with E-state index in [1.807, 2.05) is 36.4 Å². The molecule has 1 aliphatic heterocycles. The van der Waals surface area contributed by atoms with Gasteiger partial charge >= 0.3 is 0 Å². The normalized spacial score (nSPS) is 12.6. The van der Waals surface area contributed by atoms with Crippen molar-refractivity contribution in [3.63, 3.8) is 0 Å². The SMILES string of the molecule is C=C1Nc2ccc(OCc3ccccc3)cc2N1. The number of anilines is 2. The molecule has 90 valence electrons. The quantitative estimate of drug-likeness (QED) is 0.857. The van der Waals surface area contributed by atoms with Crippen molar-refractivity contribution in [2.45, 2.75) is 6.61 Å². The first-order valence-corrected chi connectivity index (χ1v) is 5.85. The van der Waals surface area contributed by atoms with E-state index in [-0.39, 0.29) is 0 Å². The maximum absolute atomic E-state index is 5.76. The zero-order chi connectivity index (χ0) is 12.4. The van der Waals surface area contributed by atoms with Crippen LogP contribution in [0.5, 0.6) is 5.75 Å². The Morgan fingerprint density at radius 3 is 2.56 bits per heavy atom. The average molecular weight is 238 g/mol. The second-order valence-electron chi connectivity index (χ2n) is 4.21. The number of ether oxygens (including phenoxy) is 1. The molecule has 0 radical (unpaired) electrons. The maximum Gasteiger partial charge on any atom is 0.122 e. The lowest BCUT2D eigenvalue weighted by Crippen LogP contribution is -1.95.